The van der Waals surface area contributed by atoms with Crippen LogP contribution in [0.4, 0.5) is 5.69 Å². The maximum Gasteiger partial charge on any atom is 0.257 e. The van der Waals surface area contributed by atoms with E-state index in [1.807, 2.05) is 51.1 Å². The van der Waals surface area contributed by atoms with Crippen LogP contribution in [0.2, 0.25) is 0 Å². The third-order valence-electron chi connectivity index (χ3n) is 4.47. The first-order valence-electron chi connectivity index (χ1n) is 9.39. The Labute approximate surface area is 160 Å². The van der Waals surface area contributed by atoms with E-state index in [4.69, 9.17) is 4.74 Å². The van der Waals surface area contributed by atoms with E-state index in [1.54, 1.807) is 6.07 Å². The summed E-state index contributed by atoms with van der Waals surface area (Å²) >= 11 is 0. The number of carbonyl (C=O) groups excluding carboxylic acids is 1. The topological polar surface area (TPSA) is 62.7 Å². The minimum atomic E-state index is -0.179. The van der Waals surface area contributed by atoms with Crippen molar-refractivity contribution in [1.82, 2.24) is 5.32 Å². The van der Waals surface area contributed by atoms with Crippen LogP contribution in [-0.2, 0) is 4.74 Å². The fourth-order valence-corrected chi connectivity index (χ4v) is 3.24. The smallest absolute Gasteiger partial charge is 0.257 e. The van der Waals surface area contributed by atoms with Crippen LogP contribution in [0.15, 0.2) is 47.5 Å². The molecule has 2 N–H and O–H groups in total. The normalized spacial score (nSPS) is 17.0. The Kier molecular flexibility index (Phi) is 6.24. The van der Waals surface area contributed by atoms with Crippen LogP contribution in [0.1, 0.15) is 39.9 Å². The molecule has 0 bridgehead atoms. The highest BCUT2D eigenvalue weighted by atomic mass is 16.5. The zero-order valence-corrected chi connectivity index (χ0v) is 16.2. The van der Waals surface area contributed by atoms with Gasteiger partial charge in [-0.3, -0.25) is 10.1 Å². The molecule has 1 amide bonds. The van der Waals surface area contributed by atoms with E-state index in [-0.39, 0.29) is 12.0 Å². The van der Waals surface area contributed by atoms with Crippen LogP contribution < -0.4 is 10.6 Å². The minimum absolute atomic E-state index is 0.122. The fraction of sp³-hybridized carbons (Fsp3) is 0.364. The second-order valence-corrected chi connectivity index (χ2v) is 7.15. The zero-order chi connectivity index (χ0) is 19.2. The predicted octanol–water partition coefficient (Wildman–Crippen LogP) is 3.99. The minimum Gasteiger partial charge on any atom is -0.376 e. The number of benzene rings is 2. The number of nitrogens with one attached hydrogen (secondary N) is 2. The van der Waals surface area contributed by atoms with Gasteiger partial charge in [0.25, 0.3) is 5.91 Å². The number of aliphatic imine (C=N–C) groups is 1. The summed E-state index contributed by atoms with van der Waals surface area (Å²) in [5.74, 6) is 0.267. The number of hydrogen-bond acceptors (Lipinski definition) is 3. The molecule has 0 unspecified atom stereocenters. The van der Waals surface area contributed by atoms with Gasteiger partial charge < -0.3 is 10.1 Å². The second kappa shape index (κ2) is 8.82. The van der Waals surface area contributed by atoms with Crippen LogP contribution in [0, 0.1) is 20.8 Å². The summed E-state index contributed by atoms with van der Waals surface area (Å²) in [5.41, 5.74) is 4.87. The molecule has 5 nitrogen and oxygen atoms in total. The van der Waals surface area contributed by atoms with Crippen molar-refractivity contribution >= 4 is 17.6 Å². The fourth-order valence-electron chi connectivity index (χ4n) is 3.24. The summed E-state index contributed by atoms with van der Waals surface area (Å²) in [6.45, 7) is 7.38. The molecule has 27 heavy (non-hydrogen) atoms. The van der Waals surface area contributed by atoms with Crippen molar-refractivity contribution in [2.24, 2.45) is 4.99 Å². The van der Waals surface area contributed by atoms with Crippen molar-refractivity contribution in [3.8, 4) is 0 Å². The van der Waals surface area contributed by atoms with E-state index >= 15 is 0 Å². The quantitative estimate of drug-likeness (QED) is 0.636. The predicted molar refractivity (Wildman–Crippen MR) is 109 cm³/mol. The maximum absolute atomic E-state index is 12.7. The molecule has 3 rings (SSSR count). The summed E-state index contributed by atoms with van der Waals surface area (Å²) in [6, 6.07) is 13.7. The van der Waals surface area contributed by atoms with Crippen molar-refractivity contribution in [2.45, 2.75) is 39.7 Å². The Morgan fingerprint density at radius 3 is 2.56 bits per heavy atom. The van der Waals surface area contributed by atoms with Gasteiger partial charge >= 0.3 is 0 Å². The maximum atomic E-state index is 12.7. The molecule has 0 aromatic heterocycles. The average Bonchev–Trinajstić information content (AvgIpc) is 3.12. The molecular weight excluding hydrogens is 338 g/mol. The first-order chi connectivity index (χ1) is 13.0. The van der Waals surface area contributed by atoms with Gasteiger partial charge in [-0.05, 0) is 69.0 Å². The highest BCUT2D eigenvalue weighted by Crippen LogP contribution is 2.15. The molecule has 1 heterocycles. The number of rotatable bonds is 4. The van der Waals surface area contributed by atoms with Crippen LogP contribution >= 0.6 is 0 Å². The molecule has 0 aliphatic carbocycles. The lowest BCUT2D eigenvalue weighted by molar-refractivity contribution is 0.0975. The van der Waals surface area contributed by atoms with Gasteiger partial charge in [-0.15, -0.1) is 0 Å². The summed E-state index contributed by atoms with van der Waals surface area (Å²) in [5, 5.41) is 6.18. The molecule has 2 aromatic carbocycles. The molecule has 5 heteroatoms. The van der Waals surface area contributed by atoms with Crippen molar-refractivity contribution in [3.63, 3.8) is 0 Å². The van der Waals surface area contributed by atoms with Crippen molar-refractivity contribution in [3.05, 3.63) is 64.7 Å². The molecule has 0 saturated carbocycles. The Bertz CT molecular complexity index is 819. The van der Waals surface area contributed by atoms with Gasteiger partial charge in [-0.2, -0.15) is 0 Å². The molecule has 142 valence electrons. The number of guanidine groups is 1. The Hall–Kier alpha value is -2.66. The number of nitrogens with zero attached hydrogens (tertiary/aromatic N) is 1. The van der Waals surface area contributed by atoms with E-state index in [2.05, 4.69) is 21.7 Å². The van der Waals surface area contributed by atoms with Crippen LogP contribution in [0.25, 0.3) is 0 Å². The number of anilines is 1. The second-order valence-electron chi connectivity index (χ2n) is 7.15. The van der Waals surface area contributed by atoms with Gasteiger partial charge in [0.05, 0.1) is 12.6 Å². The van der Waals surface area contributed by atoms with E-state index < -0.39 is 0 Å². The van der Waals surface area contributed by atoms with Crippen molar-refractivity contribution in [1.29, 1.82) is 0 Å². The van der Waals surface area contributed by atoms with Crippen molar-refractivity contribution in [2.75, 3.05) is 18.5 Å². The Balaban J connectivity index is 1.77. The summed E-state index contributed by atoms with van der Waals surface area (Å²) in [7, 11) is 0. The standard InChI is InChI=1S/C22H27N3O2/c1-15-6-4-7-18(11-15)21(26)25-22(23-14-20-8-5-9-27-20)24-19-12-16(2)10-17(3)13-19/h4,6-7,10-13,20H,5,8-9,14H2,1-3H3,(H2,23,24,25,26)/t20-/m1/s1. The average molecular weight is 365 g/mol. The first kappa shape index (κ1) is 19.1. The van der Waals surface area contributed by atoms with Gasteiger partial charge in [0.1, 0.15) is 0 Å². The highest BCUT2D eigenvalue weighted by Gasteiger charge is 2.16. The Morgan fingerprint density at radius 1 is 1.11 bits per heavy atom. The molecule has 0 spiro atoms. The summed E-state index contributed by atoms with van der Waals surface area (Å²) in [4.78, 5) is 17.3. The lowest BCUT2D eigenvalue weighted by Gasteiger charge is -2.14. The molecular formula is C22H27N3O2. The lowest BCUT2D eigenvalue weighted by Crippen LogP contribution is -2.36. The molecule has 1 atom stereocenters. The van der Waals surface area contributed by atoms with Gasteiger partial charge in [0.15, 0.2) is 0 Å². The van der Waals surface area contributed by atoms with Crippen molar-refractivity contribution < 1.29 is 9.53 Å². The van der Waals surface area contributed by atoms with Gasteiger partial charge in [0.2, 0.25) is 5.96 Å². The Morgan fingerprint density at radius 2 is 1.89 bits per heavy atom. The first-order valence-corrected chi connectivity index (χ1v) is 9.39. The highest BCUT2D eigenvalue weighted by molar-refractivity contribution is 6.10. The number of ether oxygens (including phenoxy) is 1. The number of aryl methyl sites for hydroxylation is 3. The van der Waals surface area contributed by atoms with Crippen LogP contribution in [-0.4, -0.2) is 31.1 Å². The van der Waals surface area contributed by atoms with Crippen LogP contribution in [0.5, 0.6) is 0 Å². The third kappa shape index (κ3) is 5.66. The van der Waals surface area contributed by atoms with Gasteiger partial charge in [-0.1, -0.05) is 23.8 Å². The monoisotopic (exact) mass is 365 g/mol. The molecule has 0 radical (unpaired) electrons. The van der Waals surface area contributed by atoms with E-state index in [0.717, 1.165) is 41.8 Å². The van der Waals surface area contributed by atoms with E-state index in [9.17, 15) is 4.79 Å². The zero-order valence-electron chi connectivity index (χ0n) is 16.2. The van der Waals surface area contributed by atoms with E-state index in [0.29, 0.717) is 18.1 Å². The summed E-state index contributed by atoms with van der Waals surface area (Å²) < 4.78 is 5.65. The molecule has 1 fully saturated rings. The van der Waals surface area contributed by atoms with E-state index in [1.165, 1.54) is 0 Å². The largest absolute Gasteiger partial charge is 0.376 e. The third-order valence-corrected chi connectivity index (χ3v) is 4.47. The summed E-state index contributed by atoms with van der Waals surface area (Å²) in [6.07, 6.45) is 2.19. The number of hydrogen-bond donors (Lipinski definition) is 2. The molecule has 1 saturated heterocycles. The van der Waals surface area contributed by atoms with Crippen LogP contribution in [0.3, 0.4) is 0 Å². The molecule has 2 aromatic rings. The molecule has 1 aliphatic rings. The van der Waals surface area contributed by atoms with Gasteiger partial charge in [0, 0.05) is 17.9 Å². The SMILES string of the molecule is Cc1cc(C)cc(NC(=NC[C@H]2CCCO2)NC(=O)c2cccc(C)c2)c1. The lowest BCUT2D eigenvalue weighted by atomic mass is 10.1. The number of carbonyl (C=O) groups is 1. The van der Waals surface area contributed by atoms with Gasteiger partial charge in [-0.25, -0.2) is 4.99 Å². The number of amides is 1. The molecule has 1 aliphatic heterocycles.